The molecule has 0 radical (unpaired) electrons. The number of nitrogens with one attached hydrogen (secondary N) is 1. The fourth-order valence-electron chi connectivity index (χ4n) is 3.50. The molecule has 2 saturated heterocycles. The van der Waals surface area contributed by atoms with Crippen LogP contribution < -0.4 is 5.32 Å². The van der Waals surface area contributed by atoms with Crippen LogP contribution in [-0.2, 0) is 19.6 Å². The van der Waals surface area contributed by atoms with Gasteiger partial charge in [-0.2, -0.15) is 4.31 Å². The Morgan fingerprint density at radius 3 is 2.93 bits per heavy atom. The van der Waals surface area contributed by atoms with Crippen molar-refractivity contribution in [2.45, 2.75) is 23.8 Å². The first-order valence-corrected chi connectivity index (χ1v) is 10.5. The average molecular weight is 395 g/mol. The van der Waals surface area contributed by atoms with Crippen molar-refractivity contribution < 1.29 is 18.0 Å². The van der Waals surface area contributed by atoms with Gasteiger partial charge in [0.15, 0.2) is 0 Å². The first-order chi connectivity index (χ1) is 12.9. The summed E-state index contributed by atoms with van der Waals surface area (Å²) in [7, 11) is -2.37. The molecule has 10 heteroatoms. The van der Waals surface area contributed by atoms with E-state index in [4.69, 9.17) is 0 Å². The van der Waals surface area contributed by atoms with Crippen LogP contribution in [0.5, 0.6) is 0 Å². The fraction of sp³-hybridized carbons (Fsp3) is 0.588. The molecule has 1 atom stereocenters. The van der Waals surface area contributed by atoms with Crippen LogP contribution in [0.1, 0.15) is 12.8 Å². The highest BCUT2D eigenvalue weighted by Crippen LogP contribution is 2.18. The largest absolute Gasteiger partial charge is 0.339 e. The summed E-state index contributed by atoms with van der Waals surface area (Å²) in [6, 6.07) is 3.00. The predicted molar refractivity (Wildman–Crippen MR) is 98.2 cm³/mol. The van der Waals surface area contributed by atoms with Crippen molar-refractivity contribution in [1.82, 2.24) is 24.4 Å². The minimum atomic E-state index is -3.76. The summed E-state index contributed by atoms with van der Waals surface area (Å²) in [5.41, 5.74) is 0. The molecule has 0 aromatic carbocycles. The van der Waals surface area contributed by atoms with E-state index < -0.39 is 10.0 Å². The van der Waals surface area contributed by atoms with Gasteiger partial charge in [0, 0.05) is 51.7 Å². The highest BCUT2D eigenvalue weighted by molar-refractivity contribution is 7.89. The van der Waals surface area contributed by atoms with Crippen LogP contribution in [0.3, 0.4) is 0 Å². The Hall–Kier alpha value is -2.04. The van der Waals surface area contributed by atoms with Gasteiger partial charge >= 0.3 is 0 Å². The molecule has 27 heavy (non-hydrogen) atoms. The Kier molecular flexibility index (Phi) is 6.08. The molecule has 148 valence electrons. The Morgan fingerprint density at radius 1 is 1.41 bits per heavy atom. The van der Waals surface area contributed by atoms with Gasteiger partial charge in [0.25, 0.3) is 0 Å². The Bertz CT molecular complexity index is 786. The van der Waals surface area contributed by atoms with Gasteiger partial charge in [-0.3, -0.25) is 14.6 Å². The standard InChI is InChI=1S/C17H25N5O4S/c1-20(27(25,26)15-5-2-6-18-10-15)13-17(24)21-8-3-4-14(12-21)22-9-7-19-11-16(22)23/h2,5-6,10,14,19H,3-4,7-9,11-13H2,1H3. The Balaban J connectivity index is 1.62. The number of likely N-dealkylation sites (tertiary alicyclic amines) is 1. The molecular weight excluding hydrogens is 370 g/mol. The summed E-state index contributed by atoms with van der Waals surface area (Å²) < 4.78 is 26.2. The highest BCUT2D eigenvalue weighted by atomic mass is 32.2. The quantitative estimate of drug-likeness (QED) is 0.695. The second-order valence-corrected chi connectivity index (χ2v) is 8.89. The SMILES string of the molecule is CN(CC(=O)N1CCCC(N2CCNCC2=O)C1)S(=O)(=O)c1cccnc1. The number of piperazine rings is 1. The van der Waals surface area contributed by atoms with E-state index in [1.54, 1.807) is 11.0 Å². The number of nitrogens with zero attached hydrogens (tertiary/aromatic N) is 4. The molecule has 2 aliphatic heterocycles. The van der Waals surface area contributed by atoms with E-state index in [1.807, 2.05) is 4.90 Å². The third kappa shape index (κ3) is 4.45. The molecule has 3 heterocycles. The van der Waals surface area contributed by atoms with Crippen LogP contribution in [0.15, 0.2) is 29.4 Å². The lowest BCUT2D eigenvalue weighted by molar-refractivity contribution is -0.140. The van der Waals surface area contributed by atoms with E-state index >= 15 is 0 Å². The number of hydrogen-bond donors (Lipinski definition) is 1. The monoisotopic (exact) mass is 395 g/mol. The number of carbonyl (C=O) groups is 2. The van der Waals surface area contributed by atoms with Crippen LogP contribution >= 0.6 is 0 Å². The molecule has 0 saturated carbocycles. The molecular formula is C17H25N5O4S. The molecule has 2 aliphatic rings. The van der Waals surface area contributed by atoms with Crippen LogP contribution in [0.4, 0.5) is 0 Å². The zero-order valence-corrected chi connectivity index (χ0v) is 16.2. The van der Waals surface area contributed by atoms with Crippen molar-refractivity contribution in [3.63, 3.8) is 0 Å². The third-order valence-corrected chi connectivity index (χ3v) is 6.80. The average Bonchev–Trinajstić information content (AvgIpc) is 2.69. The van der Waals surface area contributed by atoms with Gasteiger partial charge in [-0.25, -0.2) is 8.42 Å². The summed E-state index contributed by atoms with van der Waals surface area (Å²) in [5, 5.41) is 3.05. The lowest BCUT2D eigenvalue weighted by Gasteiger charge is -2.41. The van der Waals surface area contributed by atoms with Crippen molar-refractivity contribution in [3.8, 4) is 0 Å². The highest BCUT2D eigenvalue weighted by Gasteiger charge is 2.33. The summed E-state index contributed by atoms with van der Waals surface area (Å²) in [6.45, 7) is 2.51. The van der Waals surface area contributed by atoms with Gasteiger partial charge < -0.3 is 15.1 Å². The number of carbonyl (C=O) groups excluding carboxylic acids is 2. The molecule has 0 bridgehead atoms. The van der Waals surface area contributed by atoms with Crippen LogP contribution in [0, 0.1) is 0 Å². The molecule has 1 aromatic heterocycles. The smallest absolute Gasteiger partial charge is 0.244 e. The van der Waals surface area contributed by atoms with Crippen molar-refractivity contribution in [2.24, 2.45) is 0 Å². The van der Waals surface area contributed by atoms with Gasteiger partial charge in [-0.15, -0.1) is 0 Å². The summed E-state index contributed by atoms with van der Waals surface area (Å²) in [5.74, 6) is -0.200. The van der Waals surface area contributed by atoms with Gasteiger partial charge in [-0.05, 0) is 25.0 Å². The van der Waals surface area contributed by atoms with E-state index in [2.05, 4.69) is 10.3 Å². The lowest BCUT2D eigenvalue weighted by Crippen LogP contribution is -2.58. The Morgan fingerprint density at radius 2 is 2.22 bits per heavy atom. The van der Waals surface area contributed by atoms with Crippen LogP contribution in [0.2, 0.25) is 0 Å². The molecule has 0 aliphatic carbocycles. The molecule has 3 rings (SSSR count). The van der Waals surface area contributed by atoms with Crippen LogP contribution in [-0.4, -0.2) is 91.7 Å². The van der Waals surface area contributed by atoms with E-state index in [0.29, 0.717) is 26.2 Å². The second-order valence-electron chi connectivity index (χ2n) is 6.85. The lowest BCUT2D eigenvalue weighted by atomic mass is 10.0. The summed E-state index contributed by atoms with van der Waals surface area (Å²) in [6.07, 6.45) is 4.42. The Labute approximate surface area is 159 Å². The molecule has 2 amide bonds. The summed E-state index contributed by atoms with van der Waals surface area (Å²) >= 11 is 0. The van der Waals surface area contributed by atoms with Crippen molar-refractivity contribution in [1.29, 1.82) is 0 Å². The number of likely N-dealkylation sites (N-methyl/N-ethyl adjacent to an activating group) is 1. The van der Waals surface area contributed by atoms with Crippen LogP contribution in [0.25, 0.3) is 0 Å². The normalized spacial score (nSPS) is 21.6. The maximum atomic E-state index is 12.7. The predicted octanol–water partition coefficient (Wildman–Crippen LogP) is -0.875. The van der Waals surface area contributed by atoms with Gasteiger partial charge in [0.2, 0.25) is 21.8 Å². The van der Waals surface area contributed by atoms with Gasteiger partial charge in [-0.1, -0.05) is 0 Å². The molecule has 1 unspecified atom stereocenters. The molecule has 9 nitrogen and oxygen atoms in total. The van der Waals surface area contributed by atoms with E-state index in [0.717, 1.165) is 23.7 Å². The maximum absolute atomic E-state index is 12.7. The number of sulfonamides is 1. The molecule has 0 spiro atoms. The number of amides is 2. The molecule has 2 fully saturated rings. The van der Waals surface area contributed by atoms with Gasteiger partial charge in [0.05, 0.1) is 13.1 Å². The van der Waals surface area contributed by atoms with Crippen molar-refractivity contribution >= 4 is 21.8 Å². The minimum Gasteiger partial charge on any atom is -0.339 e. The minimum absolute atomic E-state index is 0.00228. The number of piperidine rings is 1. The van der Waals surface area contributed by atoms with Gasteiger partial charge in [0.1, 0.15) is 4.90 Å². The number of rotatable bonds is 5. The first kappa shape index (κ1) is 19.7. The topological polar surface area (TPSA) is 103 Å². The molecule has 1 N–H and O–H groups in total. The van der Waals surface area contributed by atoms with E-state index in [9.17, 15) is 18.0 Å². The van der Waals surface area contributed by atoms with E-state index in [-0.39, 0.29) is 29.3 Å². The van der Waals surface area contributed by atoms with Crippen molar-refractivity contribution in [2.75, 3.05) is 46.3 Å². The molecule has 1 aromatic rings. The number of pyridine rings is 1. The zero-order valence-electron chi connectivity index (χ0n) is 15.4. The first-order valence-electron chi connectivity index (χ1n) is 9.04. The van der Waals surface area contributed by atoms with Crippen molar-refractivity contribution in [3.05, 3.63) is 24.5 Å². The number of aromatic nitrogens is 1. The maximum Gasteiger partial charge on any atom is 0.244 e. The zero-order chi connectivity index (χ0) is 19.4. The number of hydrogen-bond acceptors (Lipinski definition) is 6. The second kappa shape index (κ2) is 8.32. The fourth-order valence-corrected chi connectivity index (χ4v) is 4.58. The van der Waals surface area contributed by atoms with E-state index in [1.165, 1.54) is 25.5 Å². The summed E-state index contributed by atoms with van der Waals surface area (Å²) in [4.78, 5) is 32.2. The third-order valence-electron chi connectivity index (χ3n) is 5.02.